The van der Waals surface area contributed by atoms with E-state index in [9.17, 15) is 9.90 Å². The highest BCUT2D eigenvalue weighted by Crippen LogP contribution is 2.32. The second kappa shape index (κ2) is 10.2. The molecule has 0 aliphatic carbocycles. The van der Waals surface area contributed by atoms with Gasteiger partial charge in [-0.15, -0.1) is 0 Å². The summed E-state index contributed by atoms with van der Waals surface area (Å²) in [6.45, 7) is 9.21. The number of aldehydes is 1. The van der Waals surface area contributed by atoms with Crippen molar-refractivity contribution in [3.05, 3.63) is 63.3 Å². The number of nitrogens with zero attached hydrogens (tertiary/aromatic N) is 3. The molecule has 32 heavy (non-hydrogen) atoms. The topological polar surface area (TPSA) is 69.3 Å². The minimum atomic E-state index is -0.0942. The van der Waals surface area contributed by atoms with Crippen molar-refractivity contribution in [1.29, 1.82) is 5.26 Å². The molecular weight excluding hydrogens is 422 g/mol. The van der Waals surface area contributed by atoms with Crippen molar-refractivity contribution in [3.63, 3.8) is 0 Å². The van der Waals surface area contributed by atoms with E-state index in [2.05, 4.69) is 24.9 Å². The molecule has 1 fully saturated rings. The molecule has 0 bridgehead atoms. The van der Waals surface area contributed by atoms with Crippen molar-refractivity contribution in [1.82, 2.24) is 9.47 Å². The Morgan fingerprint density at radius 1 is 1.22 bits per heavy atom. The van der Waals surface area contributed by atoms with E-state index in [1.165, 1.54) is 32.0 Å². The number of aromatic hydroxyl groups is 1. The molecule has 4 rings (SSSR count). The first-order chi connectivity index (χ1) is 15.2. The Hall–Kier alpha value is -2.81. The van der Waals surface area contributed by atoms with Gasteiger partial charge < -0.3 is 14.6 Å². The van der Waals surface area contributed by atoms with Crippen LogP contribution in [0.4, 0.5) is 0 Å². The maximum absolute atomic E-state index is 11.0. The molecule has 168 valence electrons. The third-order valence-electron chi connectivity index (χ3n) is 6.21. The third kappa shape index (κ3) is 5.15. The molecule has 0 atom stereocenters. The van der Waals surface area contributed by atoms with Crippen LogP contribution in [-0.2, 0) is 6.54 Å². The fourth-order valence-corrected chi connectivity index (χ4v) is 4.41. The zero-order chi connectivity index (χ0) is 23.4. The predicted molar refractivity (Wildman–Crippen MR) is 130 cm³/mol. The second-order valence-electron chi connectivity index (χ2n) is 8.81. The van der Waals surface area contributed by atoms with Gasteiger partial charge in [0.15, 0.2) is 6.29 Å². The average Bonchev–Trinajstić information content (AvgIpc) is 3.09. The molecule has 2 aromatic carbocycles. The van der Waals surface area contributed by atoms with Gasteiger partial charge in [0.05, 0.1) is 29.3 Å². The van der Waals surface area contributed by atoms with E-state index in [1.807, 2.05) is 36.7 Å². The fourth-order valence-electron chi connectivity index (χ4n) is 4.20. The van der Waals surface area contributed by atoms with Crippen LogP contribution in [0, 0.1) is 31.1 Å². The van der Waals surface area contributed by atoms with E-state index in [4.69, 9.17) is 16.9 Å². The van der Waals surface area contributed by atoms with Gasteiger partial charge in [-0.25, -0.2) is 0 Å². The lowest BCUT2D eigenvalue weighted by Gasteiger charge is -2.26. The van der Waals surface area contributed by atoms with Crippen LogP contribution in [0.5, 0.6) is 5.75 Å². The van der Waals surface area contributed by atoms with Crippen molar-refractivity contribution in [3.8, 4) is 11.8 Å². The largest absolute Gasteiger partial charge is 0.507 e. The molecule has 2 heterocycles. The Morgan fingerprint density at radius 2 is 1.91 bits per heavy atom. The average molecular weight is 452 g/mol. The molecule has 0 unspecified atom stereocenters. The molecule has 0 spiro atoms. The van der Waals surface area contributed by atoms with Gasteiger partial charge in [-0.2, -0.15) is 5.26 Å². The van der Waals surface area contributed by atoms with E-state index in [0.29, 0.717) is 29.0 Å². The molecule has 1 N–H and O–H groups in total. The summed E-state index contributed by atoms with van der Waals surface area (Å²) in [6.07, 6.45) is 5.37. The smallest absolute Gasteiger partial charge is 0.153 e. The molecule has 1 saturated heterocycles. The Morgan fingerprint density at radius 3 is 2.50 bits per heavy atom. The SMILES string of the molecule is CC1CCN(C)CC1.Cc1cn(Cc2c(Cl)ccc(C=O)c2O)c2c(C)cc(C#N)cc12. The first kappa shape index (κ1) is 23.8. The zero-order valence-electron chi connectivity index (χ0n) is 19.2. The van der Waals surface area contributed by atoms with Crippen molar-refractivity contribution in [2.24, 2.45) is 5.92 Å². The van der Waals surface area contributed by atoms with Gasteiger partial charge in [0.2, 0.25) is 0 Å². The van der Waals surface area contributed by atoms with E-state index < -0.39 is 0 Å². The summed E-state index contributed by atoms with van der Waals surface area (Å²) < 4.78 is 1.98. The van der Waals surface area contributed by atoms with Gasteiger partial charge in [0.25, 0.3) is 0 Å². The van der Waals surface area contributed by atoms with Crippen molar-refractivity contribution in [2.45, 2.75) is 40.2 Å². The van der Waals surface area contributed by atoms with Gasteiger partial charge in [-0.05, 0) is 88.1 Å². The quantitative estimate of drug-likeness (QED) is 0.518. The first-order valence-electron chi connectivity index (χ1n) is 10.9. The molecular formula is C26H30ClN3O2. The Balaban J connectivity index is 0.000000305. The maximum Gasteiger partial charge on any atom is 0.153 e. The number of phenols is 1. The highest BCUT2D eigenvalue weighted by Gasteiger charge is 2.15. The number of carbonyl (C=O) groups excluding carboxylic acids is 1. The molecule has 5 nitrogen and oxygen atoms in total. The number of likely N-dealkylation sites (tertiary alicyclic amines) is 1. The summed E-state index contributed by atoms with van der Waals surface area (Å²) >= 11 is 6.22. The van der Waals surface area contributed by atoms with Crippen molar-refractivity contribution in [2.75, 3.05) is 20.1 Å². The van der Waals surface area contributed by atoms with Crippen LogP contribution >= 0.6 is 11.6 Å². The Bertz CT molecular complexity index is 1160. The lowest BCUT2D eigenvalue weighted by Crippen LogP contribution is -2.28. The number of fused-ring (bicyclic) bond motifs is 1. The summed E-state index contributed by atoms with van der Waals surface area (Å²) in [4.78, 5) is 13.4. The van der Waals surface area contributed by atoms with Crippen LogP contribution in [0.15, 0.2) is 30.5 Å². The summed E-state index contributed by atoms with van der Waals surface area (Å²) in [7, 11) is 2.20. The minimum absolute atomic E-state index is 0.0942. The first-order valence-corrected chi connectivity index (χ1v) is 11.3. The third-order valence-corrected chi connectivity index (χ3v) is 6.56. The Kier molecular flexibility index (Phi) is 7.60. The predicted octanol–water partition coefficient (Wildman–Crippen LogP) is 5.70. The van der Waals surface area contributed by atoms with E-state index >= 15 is 0 Å². The minimum Gasteiger partial charge on any atom is -0.507 e. The van der Waals surface area contributed by atoms with Gasteiger partial charge >= 0.3 is 0 Å². The van der Waals surface area contributed by atoms with Gasteiger partial charge in [0.1, 0.15) is 5.75 Å². The molecule has 1 aromatic heterocycles. The zero-order valence-corrected chi connectivity index (χ0v) is 19.9. The number of benzene rings is 2. The van der Waals surface area contributed by atoms with E-state index in [0.717, 1.165) is 27.9 Å². The molecule has 3 aromatic rings. The lowest BCUT2D eigenvalue weighted by atomic mass is 10.00. The number of carbonyl (C=O) groups is 1. The van der Waals surface area contributed by atoms with Crippen LogP contribution in [-0.4, -0.2) is 41.0 Å². The van der Waals surface area contributed by atoms with Crippen molar-refractivity contribution >= 4 is 28.8 Å². The number of aryl methyl sites for hydroxylation is 2. The highest BCUT2D eigenvalue weighted by atomic mass is 35.5. The molecule has 0 saturated carbocycles. The maximum atomic E-state index is 11.0. The molecule has 6 heteroatoms. The van der Waals surface area contributed by atoms with Gasteiger partial charge in [-0.3, -0.25) is 4.79 Å². The lowest BCUT2D eigenvalue weighted by molar-refractivity contribution is 0.112. The summed E-state index contributed by atoms with van der Waals surface area (Å²) in [5.74, 6) is 0.884. The molecule has 0 amide bonds. The highest BCUT2D eigenvalue weighted by molar-refractivity contribution is 6.31. The summed E-state index contributed by atoms with van der Waals surface area (Å²) in [5.41, 5.74) is 4.32. The standard InChI is InChI=1S/C19H15ClN2O2.C7H15N/c1-11-5-13(7-21)6-15-12(2)8-22(18(11)15)9-16-17(20)4-3-14(10-23)19(16)24;1-7-3-5-8(2)6-4-7/h3-6,8,10,24H,9H2,1-2H3;7H,3-6H2,1-2H3. The van der Waals surface area contributed by atoms with E-state index in [1.54, 1.807) is 6.07 Å². The van der Waals surface area contributed by atoms with Crippen LogP contribution in [0.2, 0.25) is 5.02 Å². The monoisotopic (exact) mass is 451 g/mol. The van der Waals surface area contributed by atoms with Crippen LogP contribution in [0.3, 0.4) is 0 Å². The number of aromatic nitrogens is 1. The number of piperidine rings is 1. The fraction of sp³-hybridized carbons (Fsp3) is 0.385. The van der Waals surface area contributed by atoms with Crippen LogP contribution in [0.25, 0.3) is 10.9 Å². The van der Waals surface area contributed by atoms with E-state index in [-0.39, 0.29) is 11.3 Å². The normalized spacial score (nSPS) is 14.6. The Labute approximate surface area is 194 Å². The molecule has 1 aliphatic rings. The number of halogens is 1. The summed E-state index contributed by atoms with van der Waals surface area (Å²) in [5, 5.41) is 20.8. The second-order valence-corrected chi connectivity index (χ2v) is 9.22. The summed E-state index contributed by atoms with van der Waals surface area (Å²) in [6, 6.07) is 8.97. The number of nitriles is 1. The number of rotatable bonds is 3. The van der Waals surface area contributed by atoms with Crippen LogP contribution in [0.1, 0.15) is 52.4 Å². The molecule has 0 radical (unpaired) electrons. The number of hydrogen-bond donors (Lipinski definition) is 1. The number of hydrogen-bond acceptors (Lipinski definition) is 4. The van der Waals surface area contributed by atoms with Gasteiger partial charge in [-0.1, -0.05) is 18.5 Å². The van der Waals surface area contributed by atoms with Crippen molar-refractivity contribution < 1.29 is 9.90 Å². The van der Waals surface area contributed by atoms with Gasteiger partial charge in [0, 0.05) is 22.2 Å². The number of phenolic OH excluding ortho intramolecular Hbond substituents is 1. The molecule has 1 aliphatic heterocycles. The van der Waals surface area contributed by atoms with Crippen LogP contribution < -0.4 is 0 Å².